The van der Waals surface area contributed by atoms with Gasteiger partial charge < -0.3 is 19.8 Å². The van der Waals surface area contributed by atoms with Gasteiger partial charge in [-0.05, 0) is 18.6 Å². The van der Waals surface area contributed by atoms with Crippen LogP contribution in [0.5, 0.6) is 11.5 Å². The van der Waals surface area contributed by atoms with Gasteiger partial charge in [0.05, 0.1) is 25.3 Å². The molecule has 126 valence electrons. The van der Waals surface area contributed by atoms with Crippen molar-refractivity contribution in [2.24, 2.45) is 0 Å². The predicted octanol–water partition coefficient (Wildman–Crippen LogP) is 4.30. The molecule has 2 aromatic carbocycles. The van der Waals surface area contributed by atoms with Crippen molar-refractivity contribution in [1.29, 1.82) is 0 Å². The number of benzene rings is 2. The second-order valence-corrected chi connectivity index (χ2v) is 6.21. The monoisotopic (exact) mass is 343 g/mol. The molecule has 3 aromatic rings. The molecule has 0 atom stereocenters. The molecule has 0 unspecified atom stereocenters. The molecule has 0 bridgehead atoms. The number of rotatable bonds is 7. The van der Waals surface area contributed by atoms with Gasteiger partial charge in [-0.2, -0.15) is 0 Å². The summed E-state index contributed by atoms with van der Waals surface area (Å²) in [5.41, 5.74) is 4.25. The standard InChI is InChI=1S/C18H21N3O2S/c1-4-19-13-8-6-5-7-12(13)11-24-18-20-14-9-16(22-2)17(23-3)10-15(14)21-18/h5-10,19H,4,11H2,1-3H3,(H,20,21). The van der Waals surface area contributed by atoms with Gasteiger partial charge in [0.2, 0.25) is 0 Å². The van der Waals surface area contributed by atoms with Gasteiger partial charge in [-0.3, -0.25) is 0 Å². The Hall–Kier alpha value is -2.34. The lowest BCUT2D eigenvalue weighted by Gasteiger charge is -2.09. The summed E-state index contributed by atoms with van der Waals surface area (Å²) in [6.07, 6.45) is 0. The third-order valence-electron chi connectivity index (χ3n) is 3.71. The van der Waals surface area contributed by atoms with Crippen LogP contribution in [-0.2, 0) is 5.75 Å². The molecular weight excluding hydrogens is 322 g/mol. The molecule has 0 spiro atoms. The maximum Gasteiger partial charge on any atom is 0.166 e. The van der Waals surface area contributed by atoms with Crippen LogP contribution in [0.3, 0.4) is 0 Å². The first kappa shape index (κ1) is 16.5. The summed E-state index contributed by atoms with van der Waals surface area (Å²) >= 11 is 1.68. The van der Waals surface area contributed by atoms with Gasteiger partial charge in [-0.15, -0.1) is 0 Å². The number of hydrogen-bond acceptors (Lipinski definition) is 5. The Labute approximate surface area is 145 Å². The largest absolute Gasteiger partial charge is 0.493 e. The third-order valence-corrected chi connectivity index (χ3v) is 4.64. The second-order valence-electron chi connectivity index (χ2n) is 5.24. The van der Waals surface area contributed by atoms with Gasteiger partial charge in [0.15, 0.2) is 16.7 Å². The molecule has 0 radical (unpaired) electrons. The van der Waals surface area contributed by atoms with Crippen LogP contribution < -0.4 is 14.8 Å². The zero-order chi connectivity index (χ0) is 16.9. The molecule has 0 aliphatic rings. The van der Waals surface area contributed by atoms with E-state index in [0.717, 1.165) is 28.5 Å². The molecule has 3 rings (SSSR count). The zero-order valence-corrected chi connectivity index (χ0v) is 14.9. The van der Waals surface area contributed by atoms with E-state index in [4.69, 9.17) is 9.47 Å². The Morgan fingerprint density at radius 3 is 2.62 bits per heavy atom. The van der Waals surface area contributed by atoms with Crippen molar-refractivity contribution >= 4 is 28.5 Å². The molecule has 6 heteroatoms. The van der Waals surface area contributed by atoms with Gasteiger partial charge in [-0.1, -0.05) is 30.0 Å². The lowest BCUT2D eigenvalue weighted by Crippen LogP contribution is -1.99. The molecule has 2 N–H and O–H groups in total. The van der Waals surface area contributed by atoms with Crippen LogP contribution >= 0.6 is 11.8 Å². The fraction of sp³-hybridized carbons (Fsp3) is 0.278. The highest BCUT2D eigenvalue weighted by Crippen LogP contribution is 2.33. The van der Waals surface area contributed by atoms with E-state index in [2.05, 4.69) is 40.4 Å². The molecule has 0 fully saturated rings. The van der Waals surface area contributed by atoms with Gasteiger partial charge >= 0.3 is 0 Å². The number of nitrogens with zero attached hydrogens (tertiary/aromatic N) is 1. The maximum absolute atomic E-state index is 5.34. The van der Waals surface area contributed by atoms with E-state index in [1.54, 1.807) is 26.0 Å². The molecule has 0 aliphatic carbocycles. The Morgan fingerprint density at radius 2 is 1.88 bits per heavy atom. The van der Waals surface area contributed by atoms with Gasteiger partial charge in [0, 0.05) is 30.1 Å². The summed E-state index contributed by atoms with van der Waals surface area (Å²) in [6, 6.07) is 12.2. The quantitative estimate of drug-likeness (QED) is 0.626. The molecule has 24 heavy (non-hydrogen) atoms. The van der Waals surface area contributed by atoms with E-state index in [0.29, 0.717) is 11.5 Å². The summed E-state index contributed by atoms with van der Waals surface area (Å²) in [4.78, 5) is 7.98. The van der Waals surface area contributed by atoms with Gasteiger partial charge in [0.25, 0.3) is 0 Å². The third kappa shape index (κ3) is 3.43. The zero-order valence-electron chi connectivity index (χ0n) is 14.1. The Kier molecular flexibility index (Phi) is 5.15. The fourth-order valence-corrected chi connectivity index (χ4v) is 3.43. The number of aromatic nitrogens is 2. The van der Waals surface area contributed by atoms with Crippen molar-refractivity contribution in [3.05, 3.63) is 42.0 Å². The van der Waals surface area contributed by atoms with Crippen molar-refractivity contribution < 1.29 is 9.47 Å². The minimum Gasteiger partial charge on any atom is -0.493 e. The number of para-hydroxylation sites is 1. The van der Waals surface area contributed by atoms with E-state index in [9.17, 15) is 0 Å². The number of methoxy groups -OCH3 is 2. The molecule has 1 aromatic heterocycles. The number of imidazole rings is 1. The minimum atomic E-state index is 0.686. The molecule has 0 saturated heterocycles. The SMILES string of the molecule is CCNc1ccccc1CSc1nc2cc(OC)c(OC)cc2[nH]1. The second kappa shape index (κ2) is 7.49. The first-order valence-corrected chi connectivity index (χ1v) is 8.80. The Balaban J connectivity index is 1.81. The Bertz CT molecular complexity index is 791. The number of aromatic amines is 1. The topological polar surface area (TPSA) is 59.2 Å². The molecule has 1 heterocycles. The number of ether oxygens (including phenoxy) is 2. The first-order valence-electron chi connectivity index (χ1n) is 7.81. The van der Waals surface area contributed by atoms with Crippen LogP contribution in [0.25, 0.3) is 11.0 Å². The van der Waals surface area contributed by atoms with Crippen LogP contribution in [0, 0.1) is 0 Å². The van der Waals surface area contributed by atoms with Crippen molar-refractivity contribution in [3.63, 3.8) is 0 Å². The Morgan fingerprint density at radius 1 is 1.12 bits per heavy atom. The van der Waals surface area contributed by atoms with Gasteiger partial charge in [0.1, 0.15) is 0 Å². The van der Waals surface area contributed by atoms with Crippen LogP contribution in [0.4, 0.5) is 5.69 Å². The number of fused-ring (bicyclic) bond motifs is 1. The molecule has 5 nitrogen and oxygen atoms in total. The molecule has 0 saturated carbocycles. The van der Waals surface area contributed by atoms with Crippen LogP contribution in [0.1, 0.15) is 12.5 Å². The average Bonchev–Trinajstić information content (AvgIpc) is 3.01. The highest BCUT2D eigenvalue weighted by Gasteiger charge is 2.11. The van der Waals surface area contributed by atoms with Crippen molar-refractivity contribution in [2.75, 3.05) is 26.1 Å². The maximum atomic E-state index is 5.34. The van der Waals surface area contributed by atoms with Crippen molar-refractivity contribution in [2.45, 2.75) is 17.8 Å². The van der Waals surface area contributed by atoms with Crippen LogP contribution in [0.15, 0.2) is 41.6 Å². The van der Waals surface area contributed by atoms with E-state index < -0.39 is 0 Å². The van der Waals surface area contributed by atoms with Crippen LogP contribution in [-0.4, -0.2) is 30.7 Å². The first-order chi connectivity index (χ1) is 11.7. The van der Waals surface area contributed by atoms with Gasteiger partial charge in [-0.25, -0.2) is 4.98 Å². The molecular formula is C18H21N3O2S. The molecule has 0 amide bonds. The summed E-state index contributed by atoms with van der Waals surface area (Å²) in [7, 11) is 3.26. The number of thioether (sulfide) groups is 1. The summed E-state index contributed by atoms with van der Waals surface area (Å²) in [5, 5.41) is 4.27. The van der Waals surface area contributed by atoms with Crippen molar-refractivity contribution in [1.82, 2.24) is 9.97 Å². The van der Waals surface area contributed by atoms with Crippen molar-refractivity contribution in [3.8, 4) is 11.5 Å². The van der Waals surface area contributed by atoms with Crippen LogP contribution in [0.2, 0.25) is 0 Å². The summed E-state index contributed by atoms with van der Waals surface area (Å²) < 4.78 is 10.7. The number of hydrogen-bond donors (Lipinski definition) is 2. The number of H-pyrrole nitrogens is 1. The molecule has 0 aliphatic heterocycles. The van der Waals surface area contributed by atoms with E-state index in [-0.39, 0.29) is 0 Å². The van der Waals surface area contributed by atoms with E-state index in [1.165, 1.54) is 11.3 Å². The summed E-state index contributed by atoms with van der Waals surface area (Å²) in [5.74, 6) is 2.23. The number of nitrogens with one attached hydrogen (secondary N) is 2. The average molecular weight is 343 g/mol. The summed E-state index contributed by atoms with van der Waals surface area (Å²) in [6.45, 7) is 3.01. The van der Waals surface area contributed by atoms with E-state index >= 15 is 0 Å². The predicted molar refractivity (Wildman–Crippen MR) is 99.4 cm³/mol. The smallest absolute Gasteiger partial charge is 0.166 e. The van der Waals surface area contributed by atoms with E-state index in [1.807, 2.05) is 18.2 Å². The number of anilines is 1. The lowest BCUT2D eigenvalue weighted by atomic mass is 10.2. The normalized spacial score (nSPS) is 10.8. The lowest BCUT2D eigenvalue weighted by molar-refractivity contribution is 0.356. The fourth-order valence-electron chi connectivity index (χ4n) is 2.54. The minimum absolute atomic E-state index is 0.686. The highest BCUT2D eigenvalue weighted by atomic mass is 32.2. The highest BCUT2D eigenvalue weighted by molar-refractivity contribution is 7.98.